The SMILES string of the molecule is CNC(=O)c1c(-c2ccc(F)cc2)oc2cc(N(C)S(C)(=O)=O)c(-c3ccc(OC)c(-c4cc5ncccc5o4)c3)cc12. The molecule has 3 aromatic carbocycles. The average molecular weight is 600 g/mol. The largest absolute Gasteiger partial charge is 0.496 e. The Balaban J connectivity index is 1.64. The highest BCUT2D eigenvalue weighted by Crippen LogP contribution is 2.43. The number of aromatic nitrogens is 1. The third-order valence-corrected chi connectivity index (χ3v) is 8.46. The van der Waals surface area contributed by atoms with Crippen molar-refractivity contribution in [2.24, 2.45) is 0 Å². The number of ether oxygens (including phenoxy) is 1. The Bertz CT molecular complexity index is 2100. The second-order valence-corrected chi connectivity index (χ2v) is 11.9. The van der Waals surface area contributed by atoms with Gasteiger partial charge in [-0.05, 0) is 60.2 Å². The number of amides is 1. The Labute approximate surface area is 246 Å². The quantitative estimate of drug-likeness (QED) is 0.223. The fourth-order valence-corrected chi connectivity index (χ4v) is 5.54. The topological polar surface area (TPSA) is 115 Å². The van der Waals surface area contributed by atoms with Crippen molar-refractivity contribution in [2.75, 3.05) is 31.8 Å². The maximum absolute atomic E-state index is 13.7. The molecule has 0 fully saturated rings. The van der Waals surface area contributed by atoms with Crippen molar-refractivity contribution in [1.82, 2.24) is 10.3 Å². The normalized spacial score (nSPS) is 11.7. The fraction of sp³-hybridized carbons (Fsp3) is 0.125. The van der Waals surface area contributed by atoms with Crippen molar-refractivity contribution in [3.8, 4) is 39.5 Å². The first-order valence-electron chi connectivity index (χ1n) is 13.1. The second kappa shape index (κ2) is 10.6. The molecule has 0 aliphatic carbocycles. The van der Waals surface area contributed by atoms with Crippen LogP contribution in [0.1, 0.15) is 10.4 Å². The minimum atomic E-state index is -3.71. The van der Waals surface area contributed by atoms with Crippen molar-refractivity contribution in [3.05, 3.63) is 90.4 Å². The van der Waals surface area contributed by atoms with E-state index in [2.05, 4.69) is 10.3 Å². The molecule has 1 amide bonds. The first-order chi connectivity index (χ1) is 20.6. The van der Waals surface area contributed by atoms with E-state index in [0.717, 1.165) is 10.6 Å². The van der Waals surface area contributed by atoms with Crippen molar-refractivity contribution >= 4 is 43.7 Å². The van der Waals surface area contributed by atoms with Gasteiger partial charge in [-0.2, -0.15) is 0 Å². The van der Waals surface area contributed by atoms with Crippen LogP contribution >= 0.6 is 0 Å². The summed E-state index contributed by atoms with van der Waals surface area (Å²) in [5.41, 5.74) is 4.36. The molecular weight excluding hydrogens is 573 g/mol. The van der Waals surface area contributed by atoms with Crippen LogP contribution in [0.3, 0.4) is 0 Å². The number of benzene rings is 3. The minimum Gasteiger partial charge on any atom is -0.496 e. The van der Waals surface area contributed by atoms with Gasteiger partial charge in [0.2, 0.25) is 10.0 Å². The average Bonchev–Trinajstić information content (AvgIpc) is 3.61. The van der Waals surface area contributed by atoms with E-state index in [4.69, 9.17) is 13.6 Å². The number of fused-ring (bicyclic) bond motifs is 2. The maximum Gasteiger partial charge on any atom is 0.255 e. The number of pyridine rings is 1. The highest BCUT2D eigenvalue weighted by atomic mass is 32.2. The standard InChI is InChI=1S/C32H26FN3O6S/c1-34-32(37)30-23-15-21(19-9-12-26(40-3)22(14-19)28-16-24-27(41-28)6-5-13-35-24)25(36(2)43(4,38)39)17-29(23)42-31(30)18-7-10-20(33)11-8-18/h5-17H,1-4H3,(H,34,37). The van der Waals surface area contributed by atoms with Crippen LogP contribution in [-0.4, -0.2) is 46.8 Å². The number of halogens is 1. The molecule has 0 saturated carbocycles. The molecule has 6 aromatic rings. The first-order valence-corrected chi connectivity index (χ1v) is 15.0. The Morgan fingerprint density at radius 3 is 2.37 bits per heavy atom. The van der Waals surface area contributed by atoms with E-state index in [1.807, 2.05) is 12.1 Å². The van der Waals surface area contributed by atoms with E-state index in [-0.39, 0.29) is 16.9 Å². The van der Waals surface area contributed by atoms with Crippen LogP contribution in [-0.2, 0) is 10.0 Å². The lowest BCUT2D eigenvalue weighted by Gasteiger charge is -2.21. The Hall–Kier alpha value is -5.16. The number of nitrogens with one attached hydrogen (secondary N) is 1. The molecule has 3 heterocycles. The molecule has 0 unspecified atom stereocenters. The van der Waals surface area contributed by atoms with Gasteiger partial charge in [0.15, 0.2) is 5.58 Å². The van der Waals surface area contributed by atoms with Gasteiger partial charge in [0, 0.05) is 48.9 Å². The Kier molecular flexibility index (Phi) is 6.89. The molecule has 6 rings (SSSR count). The summed E-state index contributed by atoms with van der Waals surface area (Å²) >= 11 is 0. The molecular formula is C32H26FN3O6S. The van der Waals surface area contributed by atoms with E-state index in [9.17, 15) is 17.6 Å². The number of hydrogen-bond acceptors (Lipinski definition) is 7. The number of methoxy groups -OCH3 is 1. The predicted molar refractivity (Wildman–Crippen MR) is 163 cm³/mol. The van der Waals surface area contributed by atoms with E-state index >= 15 is 0 Å². The van der Waals surface area contributed by atoms with E-state index < -0.39 is 21.7 Å². The van der Waals surface area contributed by atoms with Gasteiger partial charge < -0.3 is 18.9 Å². The molecule has 3 aromatic heterocycles. The van der Waals surface area contributed by atoms with Crippen LogP contribution in [0.25, 0.3) is 55.8 Å². The lowest BCUT2D eigenvalue weighted by molar-refractivity contribution is 0.0964. The van der Waals surface area contributed by atoms with Gasteiger partial charge >= 0.3 is 0 Å². The number of sulfonamides is 1. The number of carbonyl (C=O) groups is 1. The predicted octanol–water partition coefficient (Wildman–Crippen LogP) is 6.48. The van der Waals surface area contributed by atoms with Crippen LogP contribution < -0.4 is 14.4 Å². The van der Waals surface area contributed by atoms with Gasteiger partial charge in [0.1, 0.15) is 34.2 Å². The van der Waals surface area contributed by atoms with Gasteiger partial charge in [0.05, 0.1) is 30.2 Å². The van der Waals surface area contributed by atoms with Crippen LogP contribution in [0.15, 0.2) is 87.8 Å². The monoisotopic (exact) mass is 599 g/mol. The summed E-state index contributed by atoms with van der Waals surface area (Å²) in [7, 11) is 0.782. The van der Waals surface area contributed by atoms with Gasteiger partial charge in [0.25, 0.3) is 5.91 Å². The molecule has 9 nitrogen and oxygen atoms in total. The van der Waals surface area contributed by atoms with Crippen molar-refractivity contribution < 1.29 is 31.2 Å². The van der Waals surface area contributed by atoms with E-state index in [1.165, 1.54) is 38.4 Å². The van der Waals surface area contributed by atoms with Crippen molar-refractivity contribution in [3.63, 3.8) is 0 Å². The number of carbonyl (C=O) groups excluding carboxylic acids is 1. The molecule has 0 spiro atoms. The number of nitrogens with zero attached hydrogens (tertiary/aromatic N) is 2. The molecule has 43 heavy (non-hydrogen) atoms. The molecule has 0 aliphatic heterocycles. The third kappa shape index (κ3) is 4.97. The van der Waals surface area contributed by atoms with Crippen LogP contribution in [0.4, 0.5) is 10.1 Å². The van der Waals surface area contributed by atoms with Crippen LogP contribution in [0.2, 0.25) is 0 Å². The second-order valence-electron chi connectivity index (χ2n) is 9.90. The smallest absolute Gasteiger partial charge is 0.255 e. The molecule has 0 aliphatic rings. The van der Waals surface area contributed by atoms with Crippen molar-refractivity contribution in [2.45, 2.75) is 0 Å². The molecule has 0 bridgehead atoms. The zero-order chi connectivity index (χ0) is 30.5. The lowest BCUT2D eigenvalue weighted by atomic mass is 9.96. The zero-order valence-corrected chi connectivity index (χ0v) is 24.5. The highest BCUT2D eigenvalue weighted by molar-refractivity contribution is 7.92. The summed E-state index contributed by atoms with van der Waals surface area (Å²) in [4.78, 5) is 17.5. The van der Waals surface area contributed by atoms with Gasteiger partial charge in [-0.1, -0.05) is 6.07 Å². The number of hydrogen-bond donors (Lipinski definition) is 1. The number of furan rings is 2. The number of rotatable bonds is 7. The summed E-state index contributed by atoms with van der Waals surface area (Å²) in [6.45, 7) is 0. The highest BCUT2D eigenvalue weighted by Gasteiger charge is 2.26. The Morgan fingerprint density at radius 1 is 0.953 bits per heavy atom. The molecule has 0 saturated heterocycles. The zero-order valence-electron chi connectivity index (χ0n) is 23.6. The minimum absolute atomic E-state index is 0.227. The maximum atomic E-state index is 13.7. The summed E-state index contributed by atoms with van der Waals surface area (Å²) in [5, 5.41) is 3.09. The van der Waals surface area contributed by atoms with E-state index in [1.54, 1.807) is 49.7 Å². The molecule has 218 valence electrons. The fourth-order valence-electron chi connectivity index (χ4n) is 5.03. The summed E-state index contributed by atoms with van der Waals surface area (Å²) in [5.74, 6) is 0.425. The summed E-state index contributed by atoms with van der Waals surface area (Å²) in [6, 6.07) is 19.7. The van der Waals surface area contributed by atoms with Crippen LogP contribution in [0, 0.1) is 5.82 Å². The summed E-state index contributed by atoms with van der Waals surface area (Å²) in [6.07, 6.45) is 2.77. The van der Waals surface area contributed by atoms with Gasteiger partial charge in [-0.15, -0.1) is 0 Å². The molecule has 1 N–H and O–H groups in total. The lowest BCUT2D eigenvalue weighted by Crippen LogP contribution is -2.25. The molecule has 0 atom stereocenters. The van der Waals surface area contributed by atoms with Crippen LogP contribution in [0.5, 0.6) is 5.75 Å². The van der Waals surface area contributed by atoms with Gasteiger partial charge in [-0.3, -0.25) is 14.1 Å². The molecule has 11 heteroatoms. The van der Waals surface area contributed by atoms with Gasteiger partial charge in [-0.25, -0.2) is 12.8 Å². The molecule has 0 radical (unpaired) electrons. The first kappa shape index (κ1) is 28.0. The van der Waals surface area contributed by atoms with Crippen molar-refractivity contribution in [1.29, 1.82) is 0 Å². The van der Waals surface area contributed by atoms with E-state index in [0.29, 0.717) is 55.9 Å². The number of anilines is 1. The Morgan fingerprint density at radius 2 is 1.70 bits per heavy atom. The third-order valence-electron chi connectivity index (χ3n) is 7.27. The summed E-state index contributed by atoms with van der Waals surface area (Å²) < 4.78 is 58.3.